The van der Waals surface area contributed by atoms with Gasteiger partial charge in [-0.15, -0.1) is 0 Å². The molecule has 2 N–H and O–H groups in total. The fraction of sp³-hybridized carbons (Fsp3) is 0.105. The highest BCUT2D eigenvalue weighted by Gasteiger charge is 2.14. The molecule has 0 saturated carbocycles. The van der Waals surface area contributed by atoms with Gasteiger partial charge in [0, 0.05) is 11.3 Å². The lowest BCUT2D eigenvalue weighted by Crippen LogP contribution is -2.22. The van der Waals surface area contributed by atoms with E-state index in [-0.39, 0.29) is 17.3 Å². The number of rotatable bonds is 6. The third-order valence-electron chi connectivity index (χ3n) is 3.73. The van der Waals surface area contributed by atoms with Crippen LogP contribution in [0.1, 0.15) is 21.7 Å². The molecule has 2 aromatic carbocycles. The van der Waals surface area contributed by atoms with Crippen LogP contribution in [0.3, 0.4) is 0 Å². The number of hydrogen-bond donors (Lipinski definition) is 2. The van der Waals surface area contributed by atoms with E-state index in [0.717, 1.165) is 5.56 Å². The molecule has 7 heteroatoms. The van der Waals surface area contributed by atoms with Crippen LogP contribution in [0.25, 0.3) is 0 Å². The van der Waals surface area contributed by atoms with Crippen molar-refractivity contribution in [2.75, 3.05) is 4.72 Å². The van der Waals surface area contributed by atoms with Gasteiger partial charge in [-0.1, -0.05) is 17.7 Å². The van der Waals surface area contributed by atoms with Gasteiger partial charge in [0.25, 0.3) is 15.9 Å². The first-order valence-electron chi connectivity index (χ1n) is 7.94. The number of amides is 1. The van der Waals surface area contributed by atoms with Crippen LogP contribution < -0.4 is 10.0 Å². The van der Waals surface area contributed by atoms with Crippen molar-refractivity contribution < 1.29 is 17.6 Å². The summed E-state index contributed by atoms with van der Waals surface area (Å²) in [7, 11) is -3.67. The van der Waals surface area contributed by atoms with E-state index >= 15 is 0 Å². The fourth-order valence-corrected chi connectivity index (χ4v) is 3.36. The number of carbonyl (C=O) groups excluding carboxylic acids is 1. The standard InChI is InChI=1S/C19H18N2O4S/c1-14-4-10-18(11-5-14)26(23,24)21-16-8-6-15(7-9-16)19(22)20-13-17-3-2-12-25-17/h2-12,21H,13H2,1H3,(H,20,22). The fourth-order valence-electron chi connectivity index (χ4n) is 2.30. The Morgan fingerprint density at radius 1 is 1.00 bits per heavy atom. The summed E-state index contributed by atoms with van der Waals surface area (Å²) in [6, 6.07) is 16.3. The van der Waals surface area contributed by atoms with Crippen molar-refractivity contribution in [3.05, 3.63) is 83.8 Å². The minimum absolute atomic E-state index is 0.184. The molecule has 0 bridgehead atoms. The molecular weight excluding hydrogens is 352 g/mol. The minimum atomic E-state index is -3.67. The van der Waals surface area contributed by atoms with Gasteiger partial charge in [0.15, 0.2) is 0 Å². The van der Waals surface area contributed by atoms with Crippen LogP contribution in [0.4, 0.5) is 5.69 Å². The first-order chi connectivity index (χ1) is 12.4. The Labute approximate surface area is 151 Å². The maximum Gasteiger partial charge on any atom is 0.261 e. The average Bonchev–Trinajstić information content (AvgIpc) is 3.14. The molecule has 0 radical (unpaired) electrons. The van der Waals surface area contributed by atoms with Gasteiger partial charge in [0.05, 0.1) is 17.7 Å². The van der Waals surface area contributed by atoms with Crippen molar-refractivity contribution >= 4 is 21.6 Å². The Balaban J connectivity index is 1.65. The topological polar surface area (TPSA) is 88.4 Å². The van der Waals surface area contributed by atoms with Gasteiger partial charge in [-0.2, -0.15) is 0 Å². The summed E-state index contributed by atoms with van der Waals surface area (Å²) in [6.45, 7) is 2.17. The summed E-state index contributed by atoms with van der Waals surface area (Å²) in [6.07, 6.45) is 1.54. The van der Waals surface area contributed by atoms with Crippen LogP contribution in [0.2, 0.25) is 0 Å². The largest absolute Gasteiger partial charge is 0.467 e. The number of sulfonamides is 1. The maximum absolute atomic E-state index is 12.4. The Morgan fingerprint density at radius 2 is 1.69 bits per heavy atom. The van der Waals surface area contributed by atoms with Crippen molar-refractivity contribution in [1.82, 2.24) is 5.32 Å². The molecule has 0 aliphatic heterocycles. The molecule has 1 amide bonds. The Kier molecular flexibility index (Phi) is 5.09. The molecule has 3 rings (SSSR count). The molecule has 26 heavy (non-hydrogen) atoms. The molecule has 0 aliphatic rings. The second-order valence-corrected chi connectivity index (χ2v) is 7.44. The lowest BCUT2D eigenvalue weighted by Gasteiger charge is -2.09. The SMILES string of the molecule is Cc1ccc(S(=O)(=O)Nc2ccc(C(=O)NCc3ccco3)cc2)cc1. The maximum atomic E-state index is 12.4. The lowest BCUT2D eigenvalue weighted by atomic mass is 10.2. The number of furan rings is 1. The van der Waals surface area contributed by atoms with E-state index in [1.165, 1.54) is 6.26 Å². The Morgan fingerprint density at radius 3 is 2.31 bits per heavy atom. The molecule has 0 unspecified atom stereocenters. The van der Waals surface area contributed by atoms with Crippen LogP contribution in [0, 0.1) is 6.92 Å². The second-order valence-electron chi connectivity index (χ2n) is 5.76. The highest BCUT2D eigenvalue weighted by molar-refractivity contribution is 7.92. The van der Waals surface area contributed by atoms with Crippen LogP contribution in [0.15, 0.2) is 76.2 Å². The zero-order chi connectivity index (χ0) is 18.6. The molecule has 0 atom stereocenters. The van der Waals surface area contributed by atoms with Crippen molar-refractivity contribution in [2.24, 2.45) is 0 Å². The monoisotopic (exact) mass is 370 g/mol. The van der Waals surface area contributed by atoms with Crippen molar-refractivity contribution in [3.63, 3.8) is 0 Å². The predicted octanol–water partition coefficient (Wildman–Crippen LogP) is 3.32. The summed E-state index contributed by atoms with van der Waals surface area (Å²) < 4.78 is 32.4. The molecule has 6 nitrogen and oxygen atoms in total. The first kappa shape index (κ1) is 17.8. The first-order valence-corrected chi connectivity index (χ1v) is 9.42. The zero-order valence-electron chi connectivity index (χ0n) is 14.1. The summed E-state index contributed by atoms with van der Waals surface area (Å²) >= 11 is 0. The summed E-state index contributed by atoms with van der Waals surface area (Å²) in [4.78, 5) is 12.3. The summed E-state index contributed by atoms with van der Waals surface area (Å²) in [5.41, 5.74) is 1.79. The molecule has 0 aliphatic carbocycles. The van der Waals surface area contributed by atoms with Crippen LogP contribution >= 0.6 is 0 Å². The van der Waals surface area contributed by atoms with Crippen LogP contribution in [0.5, 0.6) is 0 Å². The average molecular weight is 370 g/mol. The quantitative estimate of drug-likeness (QED) is 0.697. The summed E-state index contributed by atoms with van der Waals surface area (Å²) in [5.74, 6) is 0.384. The molecular formula is C19H18N2O4S. The highest BCUT2D eigenvalue weighted by Crippen LogP contribution is 2.17. The number of nitrogens with one attached hydrogen (secondary N) is 2. The molecule has 0 saturated heterocycles. The summed E-state index contributed by atoms with van der Waals surface area (Å²) in [5, 5.41) is 2.73. The van der Waals surface area contributed by atoms with E-state index < -0.39 is 10.0 Å². The number of aryl methyl sites for hydroxylation is 1. The van der Waals surface area contributed by atoms with Gasteiger partial charge < -0.3 is 9.73 Å². The Bertz CT molecular complexity index is 977. The van der Waals surface area contributed by atoms with E-state index in [2.05, 4.69) is 10.0 Å². The van der Waals surface area contributed by atoms with E-state index in [4.69, 9.17) is 4.42 Å². The van der Waals surface area contributed by atoms with Crippen molar-refractivity contribution in [1.29, 1.82) is 0 Å². The third-order valence-corrected chi connectivity index (χ3v) is 5.13. The normalized spacial score (nSPS) is 11.1. The van der Waals surface area contributed by atoms with Crippen LogP contribution in [-0.4, -0.2) is 14.3 Å². The number of hydrogen-bond acceptors (Lipinski definition) is 4. The van der Waals surface area contributed by atoms with Gasteiger partial charge in [0.1, 0.15) is 5.76 Å². The van der Waals surface area contributed by atoms with E-state index in [1.54, 1.807) is 60.7 Å². The van der Waals surface area contributed by atoms with Gasteiger partial charge in [-0.25, -0.2) is 8.42 Å². The Hall–Kier alpha value is -3.06. The number of anilines is 1. The highest BCUT2D eigenvalue weighted by atomic mass is 32.2. The minimum Gasteiger partial charge on any atom is -0.467 e. The molecule has 134 valence electrons. The number of benzene rings is 2. The predicted molar refractivity (Wildman–Crippen MR) is 98.3 cm³/mol. The molecule has 3 aromatic rings. The van der Waals surface area contributed by atoms with E-state index in [9.17, 15) is 13.2 Å². The molecule has 1 heterocycles. The third kappa shape index (κ3) is 4.31. The van der Waals surface area contributed by atoms with E-state index in [0.29, 0.717) is 17.0 Å². The zero-order valence-corrected chi connectivity index (χ0v) is 14.9. The van der Waals surface area contributed by atoms with Gasteiger partial charge in [-0.05, 0) is 55.5 Å². The van der Waals surface area contributed by atoms with Gasteiger partial charge in [0.2, 0.25) is 0 Å². The van der Waals surface area contributed by atoms with Crippen LogP contribution in [-0.2, 0) is 16.6 Å². The lowest BCUT2D eigenvalue weighted by molar-refractivity contribution is 0.0948. The van der Waals surface area contributed by atoms with Gasteiger partial charge in [-0.3, -0.25) is 9.52 Å². The van der Waals surface area contributed by atoms with Crippen molar-refractivity contribution in [2.45, 2.75) is 18.4 Å². The second kappa shape index (κ2) is 7.45. The smallest absolute Gasteiger partial charge is 0.261 e. The number of carbonyl (C=O) groups is 1. The molecule has 1 aromatic heterocycles. The molecule has 0 spiro atoms. The van der Waals surface area contributed by atoms with Gasteiger partial charge >= 0.3 is 0 Å². The molecule has 0 fully saturated rings. The van der Waals surface area contributed by atoms with Crippen molar-refractivity contribution in [3.8, 4) is 0 Å². The van der Waals surface area contributed by atoms with E-state index in [1.807, 2.05) is 6.92 Å².